The lowest BCUT2D eigenvalue weighted by Gasteiger charge is -2.40. The van der Waals surface area contributed by atoms with Crippen LogP contribution in [0.5, 0.6) is 0 Å². The number of likely N-dealkylation sites (tertiary alicyclic amines) is 1. The lowest BCUT2D eigenvalue weighted by atomic mass is 9.79. The molecule has 5 rings (SSSR count). The van der Waals surface area contributed by atoms with Crippen LogP contribution in [0.4, 0.5) is 0 Å². The number of rotatable bonds is 3. The predicted octanol–water partition coefficient (Wildman–Crippen LogP) is 3.54. The van der Waals surface area contributed by atoms with E-state index in [-0.39, 0.29) is 36.1 Å². The van der Waals surface area contributed by atoms with Gasteiger partial charge in [-0.1, -0.05) is 30.3 Å². The molecule has 2 aromatic heterocycles. The van der Waals surface area contributed by atoms with Crippen LogP contribution in [0.15, 0.2) is 48.9 Å². The molecule has 30 heavy (non-hydrogen) atoms. The summed E-state index contributed by atoms with van der Waals surface area (Å²) in [5, 5.41) is 3.47. The summed E-state index contributed by atoms with van der Waals surface area (Å²) in [6.07, 6.45) is 6.97. The summed E-state index contributed by atoms with van der Waals surface area (Å²) in [4.78, 5) is 24.2. The largest absolute Gasteiger partial charge is 0.338 e. The number of hydrogen-bond donors (Lipinski definition) is 1. The first-order chi connectivity index (χ1) is 13.7. The fraction of sp³-hybridized carbons (Fsp3) is 0.409. The second-order valence-corrected chi connectivity index (χ2v) is 8.18. The second-order valence-electron chi connectivity index (χ2n) is 8.18. The number of pyridine rings is 1. The Hall–Kier alpha value is -2.15. The summed E-state index contributed by atoms with van der Waals surface area (Å²) in [6.45, 7) is 4.49. The lowest BCUT2D eigenvalue weighted by molar-refractivity contribution is 0.0553. The van der Waals surface area contributed by atoms with E-state index in [4.69, 9.17) is 0 Å². The van der Waals surface area contributed by atoms with Gasteiger partial charge in [0.15, 0.2) is 5.65 Å². The number of carbonyl (C=O) groups is 1. The van der Waals surface area contributed by atoms with E-state index in [1.807, 2.05) is 33.7 Å². The van der Waals surface area contributed by atoms with Crippen molar-refractivity contribution < 1.29 is 4.79 Å². The highest BCUT2D eigenvalue weighted by atomic mass is 35.5. The number of nitrogens with one attached hydrogen (secondary N) is 1. The van der Waals surface area contributed by atoms with Gasteiger partial charge in [0.1, 0.15) is 5.52 Å². The van der Waals surface area contributed by atoms with E-state index < -0.39 is 0 Å². The normalized spacial score (nSPS) is 20.7. The zero-order valence-corrected chi connectivity index (χ0v) is 18.4. The molecular weight excluding hydrogens is 421 g/mol. The van der Waals surface area contributed by atoms with Gasteiger partial charge in [-0.3, -0.25) is 4.79 Å². The maximum atomic E-state index is 13.1. The van der Waals surface area contributed by atoms with Crippen molar-refractivity contribution in [2.75, 3.05) is 26.2 Å². The third-order valence-corrected chi connectivity index (χ3v) is 6.18. The van der Waals surface area contributed by atoms with Gasteiger partial charge in [0.05, 0.1) is 18.4 Å². The molecular formula is C22H27Cl2N5O. The first-order valence-corrected chi connectivity index (χ1v) is 10.1. The Morgan fingerprint density at radius 3 is 2.73 bits per heavy atom. The second kappa shape index (κ2) is 9.33. The molecule has 1 N–H and O–H groups in total. The molecule has 4 heterocycles. The standard InChI is InChI=1S/C22H25N5O.2ClH/c28-21(26-10-4-7-22(15-26)8-9-23-14-22)18-11-19-20(24-12-18)27(16-25-19)13-17-5-2-1-3-6-17;;/h1-3,5-6,11-12,16,23H,4,7-10,13-15H2;2*1H. The Kier molecular flexibility index (Phi) is 7.01. The Bertz CT molecular complexity index is 1000. The Morgan fingerprint density at radius 1 is 1.13 bits per heavy atom. The molecule has 1 amide bonds. The molecule has 1 atom stereocenters. The van der Waals surface area contributed by atoms with Crippen LogP contribution in [0.3, 0.4) is 0 Å². The van der Waals surface area contributed by atoms with Gasteiger partial charge in [0.25, 0.3) is 5.91 Å². The molecule has 1 spiro atoms. The molecule has 2 fully saturated rings. The van der Waals surface area contributed by atoms with Crippen molar-refractivity contribution in [3.8, 4) is 0 Å². The van der Waals surface area contributed by atoms with E-state index in [1.165, 1.54) is 12.0 Å². The number of nitrogens with zero attached hydrogens (tertiary/aromatic N) is 4. The number of amides is 1. The minimum atomic E-state index is 0. The zero-order valence-electron chi connectivity index (χ0n) is 16.8. The maximum absolute atomic E-state index is 13.1. The SMILES string of the molecule is Cl.Cl.O=C(c1cnc2c(c1)ncn2Cc1ccccc1)N1CCCC2(CCNC2)C1. The van der Waals surface area contributed by atoms with Gasteiger partial charge in [-0.05, 0) is 37.4 Å². The molecule has 0 aliphatic carbocycles. The highest BCUT2D eigenvalue weighted by molar-refractivity contribution is 5.96. The third-order valence-electron chi connectivity index (χ3n) is 6.18. The molecule has 2 aliphatic rings. The fourth-order valence-corrected chi connectivity index (χ4v) is 4.67. The van der Waals surface area contributed by atoms with E-state index in [0.717, 1.165) is 56.7 Å². The van der Waals surface area contributed by atoms with Gasteiger partial charge in [-0.15, -0.1) is 24.8 Å². The summed E-state index contributed by atoms with van der Waals surface area (Å²) >= 11 is 0. The molecule has 0 saturated carbocycles. The van der Waals surface area contributed by atoms with E-state index in [2.05, 4.69) is 27.4 Å². The summed E-state index contributed by atoms with van der Waals surface area (Å²) in [5.74, 6) is 0.0815. The molecule has 8 heteroatoms. The highest BCUT2D eigenvalue weighted by Gasteiger charge is 2.39. The number of benzene rings is 1. The van der Waals surface area contributed by atoms with Gasteiger partial charge in [-0.2, -0.15) is 0 Å². The van der Waals surface area contributed by atoms with Gasteiger partial charge in [0.2, 0.25) is 0 Å². The highest BCUT2D eigenvalue weighted by Crippen LogP contribution is 2.36. The summed E-state index contributed by atoms with van der Waals surface area (Å²) in [6, 6.07) is 12.1. The molecule has 2 aliphatic heterocycles. The summed E-state index contributed by atoms with van der Waals surface area (Å²) in [7, 11) is 0. The van der Waals surface area contributed by atoms with Crippen molar-refractivity contribution in [3.63, 3.8) is 0 Å². The number of halogens is 2. The third kappa shape index (κ3) is 4.31. The first-order valence-electron chi connectivity index (χ1n) is 10.1. The number of aromatic nitrogens is 3. The van der Waals surface area contributed by atoms with Crippen LogP contribution in [0, 0.1) is 5.41 Å². The molecule has 0 radical (unpaired) electrons. The number of carbonyl (C=O) groups excluding carboxylic acids is 1. The Labute approximate surface area is 188 Å². The van der Waals surface area contributed by atoms with E-state index in [9.17, 15) is 4.79 Å². The van der Waals surface area contributed by atoms with Gasteiger partial charge in [0, 0.05) is 31.2 Å². The molecule has 0 bridgehead atoms. The lowest BCUT2D eigenvalue weighted by Crippen LogP contribution is -2.47. The minimum Gasteiger partial charge on any atom is -0.338 e. The quantitative estimate of drug-likeness (QED) is 0.666. The zero-order chi connectivity index (χ0) is 19.0. The molecule has 1 aromatic carbocycles. The van der Waals surface area contributed by atoms with Crippen LogP contribution < -0.4 is 5.32 Å². The van der Waals surface area contributed by atoms with Gasteiger partial charge < -0.3 is 14.8 Å². The van der Waals surface area contributed by atoms with E-state index >= 15 is 0 Å². The van der Waals surface area contributed by atoms with E-state index in [0.29, 0.717) is 5.56 Å². The van der Waals surface area contributed by atoms with Crippen molar-refractivity contribution in [2.24, 2.45) is 5.41 Å². The monoisotopic (exact) mass is 447 g/mol. The van der Waals surface area contributed by atoms with Crippen LogP contribution in [-0.2, 0) is 6.54 Å². The van der Waals surface area contributed by atoms with Crippen LogP contribution in [-0.4, -0.2) is 51.5 Å². The first kappa shape index (κ1) is 22.5. The van der Waals surface area contributed by atoms with Crippen molar-refractivity contribution in [3.05, 3.63) is 60.0 Å². The van der Waals surface area contributed by atoms with Crippen LogP contribution in [0.25, 0.3) is 11.2 Å². The number of imidazole rings is 1. The molecule has 1 unspecified atom stereocenters. The number of fused-ring (bicyclic) bond motifs is 1. The van der Waals surface area contributed by atoms with Crippen molar-refractivity contribution in [2.45, 2.75) is 25.8 Å². The molecule has 160 valence electrons. The smallest absolute Gasteiger partial charge is 0.255 e. The molecule has 2 saturated heterocycles. The van der Waals surface area contributed by atoms with Gasteiger partial charge in [-0.25, -0.2) is 9.97 Å². The van der Waals surface area contributed by atoms with Crippen molar-refractivity contribution in [1.82, 2.24) is 24.8 Å². The average Bonchev–Trinajstić information content (AvgIpc) is 3.35. The van der Waals surface area contributed by atoms with Crippen LogP contribution >= 0.6 is 24.8 Å². The topological polar surface area (TPSA) is 63.1 Å². The molecule has 6 nitrogen and oxygen atoms in total. The van der Waals surface area contributed by atoms with Crippen molar-refractivity contribution in [1.29, 1.82) is 0 Å². The minimum absolute atomic E-state index is 0. The van der Waals surface area contributed by atoms with Crippen LogP contribution in [0.2, 0.25) is 0 Å². The Balaban J connectivity index is 0.00000128. The van der Waals surface area contributed by atoms with Gasteiger partial charge >= 0.3 is 0 Å². The summed E-state index contributed by atoms with van der Waals surface area (Å²) < 4.78 is 2.03. The van der Waals surface area contributed by atoms with Crippen LogP contribution in [0.1, 0.15) is 35.2 Å². The predicted molar refractivity (Wildman–Crippen MR) is 123 cm³/mol. The van der Waals surface area contributed by atoms with E-state index in [1.54, 1.807) is 12.5 Å². The average molecular weight is 448 g/mol. The number of hydrogen-bond acceptors (Lipinski definition) is 4. The fourth-order valence-electron chi connectivity index (χ4n) is 4.67. The Morgan fingerprint density at radius 2 is 1.97 bits per heavy atom. The molecule has 3 aromatic rings. The summed E-state index contributed by atoms with van der Waals surface area (Å²) in [5.41, 5.74) is 3.70. The maximum Gasteiger partial charge on any atom is 0.255 e. The number of piperidine rings is 1. The van der Waals surface area contributed by atoms with Crippen molar-refractivity contribution >= 4 is 41.9 Å².